The summed E-state index contributed by atoms with van der Waals surface area (Å²) in [6.07, 6.45) is 0. The highest BCUT2D eigenvalue weighted by atomic mass is 35.5. The van der Waals surface area contributed by atoms with Gasteiger partial charge in [-0.15, -0.1) is 0 Å². The van der Waals surface area contributed by atoms with E-state index in [0.717, 1.165) is 5.56 Å². The van der Waals surface area contributed by atoms with Crippen LogP contribution in [0.25, 0.3) is 11.4 Å². The van der Waals surface area contributed by atoms with Crippen molar-refractivity contribution in [2.24, 2.45) is 0 Å². The van der Waals surface area contributed by atoms with Gasteiger partial charge in [0.2, 0.25) is 0 Å². The van der Waals surface area contributed by atoms with E-state index in [1.807, 2.05) is 62.4 Å². The normalized spacial score (nSPS) is 10.6. The van der Waals surface area contributed by atoms with Gasteiger partial charge in [-0.1, -0.05) is 54.1 Å². The SMILES string of the molecule is CC(C)NC(=O)c1cc(Nc2ccccc2Cl)nc(-c2ccccc2)n1. The van der Waals surface area contributed by atoms with Crippen LogP contribution in [-0.4, -0.2) is 21.9 Å². The van der Waals surface area contributed by atoms with Crippen LogP contribution < -0.4 is 10.6 Å². The molecule has 0 bridgehead atoms. The van der Waals surface area contributed by atoms with Crippen molar-refractivity contribution < 1.29 is 4.79 Å². The molecule has 1 aromatic heterocycles. The molecule has 6 heteroatoms. The van der Waals surface area contributed by atoms with Crippen molar-refractivity contribution in [3.8, 4) is 11.4 Å². The summed E-state index contributed by atoms with van der Waals surface area (Å²) in [5.74, 6) is 0.721. The summed E-state index contributed by atoms with van der Waals surface area (Å²) in [6, 6.07) is 18.5. The maximum Gasteiger partial charge on any atom is 0.270 e. The van der Waals surface area contributed by atoms with E-state index in [1.165, 1.54) is 0 Å². The van der Waals surface area contributed by atoms with Gasteiger partial charge in [0, 0.05) is 17.7 Å². The monoisotopic (exact) mass is 366 g/mol. The number of amides is 1. The Bertz CT molecular complexity index is 913. The summed E-state index contributed by atoms with van der Waals surface area (Å²) in [4.78, 5) is 21.4. The van der Waals surface area contributed by atoms with E-state index >= 15 is 0 Å². The average molecular weight is 367 g/mol. The lowest BCUT2D eigenvalue weighted by Crippen LogP contribution is -2.31. The third-order valence-corrected chi connectivity index (χ3v) is 3.88. The smallest absolute Gasteiger partial charge is 0.270 e. The minimum Gasteiger partial charge on any atom is -0.349 e. The zero-order valence-electron chi connectivity index (χ0n) is 14.5. The van der Waals surface area contributed by atoms with E-state index in [2.05, 4.69) is 20.6 Å². The van der Waals surface area contributed by atoms with Crippen LogP contribution >= 0.6 is 11.6 Å². The second-order valence-corrected chi connectivity index (χ2v) is 6.47. The number of carbonyl (C=O) groups is 1. The Morgan fingerprint density at radius 2 is 1.69 bits per heavy atom. The van der Waals surface area contributed by atoms with Gasteiger partial charge in [0.15, 0.2) is 5.82 Å². The van der Waals surface area contributed by atoms with Crippen molar-refractivity contribution in [3.05, 3.63) is 71.4 Å². The van der Waals surface area contributed by atoms with Gasteiger partial charge in [0.1, 0.15) is 11.5 Å². The molecule has 0 aliphatic heterocycles. The minimum absolute atomic E-state index is 0.0117. The van der Waals surface area contributed by atoms with Crippen molar-refractivity contribution in [2.75, 3.05) is 5.32 Å². The number of para-hydroxylation sites is 1. The van der Waals surface area contributed by atoms with E-state index in [1.54, 1.807) is 12.1 Å². The summed E-state index contributed by atoms with van der Waals surface area (Å²) in [5.41, 5.74) is 1.83. The Labute approximate surface area is 157 Å². The average Bonchev–Trinajstić information content (AvgIpc) is 2.63. The van der Waals surface area contributed by atoms with Crippen molar-refractivity contribution in [1.29, 1.82) is 0 Å². The number of aromatic nitrogens is 2. The number of nitrogens with one attached hydrogen (secondary N) is 2. The summed E-state index contributed by atoms with van der Waals surface area (Å²) in [7, 11) is 0. The van der Waals surface area contributed by atoms with Crippen LogP contribution in [-0.2, 0) is 0 Å². The Morgan fingerprint density at radius 1 is 1.00 bits per heavy atom. The highest BCUT2D eigenvalue weighted by Crippen LogP contribution is 2.25. The third-order valence-electron chi connectivity index (χ3n) is 3.55. The predicted molar refractivity (Wildman–Crippen MR) is 105 cm³/mol. The lowest BCUT2D eigenvalue weighted by Gasteiger charge is -2.12. The van der Waals surface area contributed by atoms with Crippen LogP contribution in [0.3, 0.4) is 0 Å². The van der Waals surface area contributed by atoms with E-state index < -0.39 is 0 Å². The topological polar surface area (TPSA) is 66.9 Å². The van der Waals surface area contributed by atoms with E-state index in [-0.39, 0.29) is 11.9 Å². The maximum atomic E-state index is 12.5. The summed E-state index contributed by atoms with van der Waals surface area (Å²) in [6.45, 7) is 3.81. The lowest BCUT2D eigenvalue weighted by atomic mass is 10.2. The fourth-order valence-corrected chi connectivity index (χ4v) is 2.56. The van der Waals surface area contributed by atoms with Gasteiger partial charge in [-0.3, -0.25) is 4.79 Å². The van der Waals surface area contributed by atoms with Crippen LogP contribution in [0.2, 0.25) is 5.02 Å². The zero-order valence-corrected chi connectivity index (χ0v) is 15.3. The number of halogens is 1. The second kappa shape index (κ2) is 7.97. The number of nitrogens with zero attached hydrogens (tertiary/aromatic N) is 2. The standard InChI is InChI=1S/C20H19ClN4O/c1-13(2)22-20(26)17-12-18(23-16-11-7-6-10-15(16)21)25-19(24-17)14-8-4-3-5-9-14/h3-13H,1-2H3,(H,22,26)(H,23,24,25). The molecule has 0 radical (unpaired) electrons. The molecule has 5 nitrogen and oxygen atoms in total. The van der Waals surface area contributed by atoms with Crippen LogP contribution in [0.4, 0.5) is 11.5 Å². The molecule has 1 amide bonds. The molecular weight excluding hydrogens is 348 g/mol. The molecule has 132 valence electrons. The molecule has 26 heavy (non-hydrogen) atoms. The molecule has 0 unspecified atom stereocenters. The lowest BCUT2D eigenvalue weighted by molar-refractivity contribution is 0.0938. The fraction of sp³-hybridized carbons (Fsp3) is 0.150. The van der Waals surface area contributed by atoms with Gasteiger partial charge >= 0.3 is 0 Å². The molecule has 0 atom stereocenters. The first-order valence-electron chi connectivity index (χ1n) is 8.30. The van der Waals surface area contributed by atoms with E-state index in [0.29, 0.717) is 28.0 Å². The Balaban J connectivity index is 2.03. The molecule has 0 saturated heterocycles. The molecule has 2 N–H and O–H groups in total. The van der Waals surface area contributed by atoms with Gasteiger partial charge in [-0.25, -0.2) is 9.97 Å². The molecule has 0 fully saturated rings. The molecule has 1 heterocycles. The molecule has 0 spiro atoms. The third kappa shape index (κ3) is 4.37. The quantitative estimate of drug-likeness (QED) is 0.688. The molecule has 3 rings (SSSR count). The van der Waals surface area contributed by atoms with Gasteiger partial charge in [0.05, 0.1) is 10.7 Å². The number of benzene rings is 2. The first-order chi connectivity index (χ1) is 12.5. The van der Waals surface area contributed by atoms with Crippen molar-refractivity contribution >= 4 is 29.0 Å². The highest BCUT2D eigenvalue weighted by Gasteiger charge is 2.14. The van der Waals surface area contributed by atoms with Crippen LogP contribution in [0, 0.1) is 0 Å². The van der Waals surface area contributed by atoms with Crippen molar-refractivity contribution in [2.45, 2.75) is 19.9 Å². The fourth-order valence-electron chi connectivity index (χ4n) is 2.38. The van der Waals surface area contributed by atoms with Crippen LogP contribution in [0.5, 0.6) is 0 Å². The summed E-state index contributed by atoms with van der Waals surface area (Å²) in [5, 5.41) is 6.59. The Hall–Kier alpha value is -2.92. The number of hydrogen-bond acceptors (Lipinski definition) is 4. The van der Waals surface area contributed by atoms with Crippen LogP contribution in [0.15, 0.2) is 60.7 Å². The molecule has 0 aliphatic carbocycles. The van der Waals surface area contributed by atoms with E-state index in [4.69, 9.17) is 11.6 Å². The molecular formula is C20H19ClN4O. The number of rotatable bonds is 5. The van der Waals surface area contributed by atoms with Gasteiger partial charge in [-0.05, 0) is 26.0 Å². The highest BCUT2D eigenvalue weighted by molar-refractivity contribution is 6.33. The molecule has 3 aromatic rings. The molecule has 0 aliphatic rings. The molecule has 2 aromatic carbocycles. The summed E-state index contributed by atoms with van der Waals surface area (Å²) < 4.78 is 0. The van der Waals surface area contributed by atoms with Gasteiger partial charge in [0.25, 0.3) is 5.91 Å². The van der Waals surface area contributed by atoms with Crippen LogP contribution in [0.1, 0.15) is 24.3 Å². The largest absolute Gasteiger partial charge is 0.349 e. The minimum atomic E-state index is -0.248. The predicted octanol–water partition coefficient (Wildman–Crippen LogP) is 4.68. The zero-order chi connectivity index (χ0) is 18.5. The maximum absolute atomic E-state index is 12.5. The Morgan fingerprint density at radius 3 is 2.38 bits per heavy atom. The van der Waals surface area contributed by atoms with Gasteiger partial charge < -0.3 is 10.6 Å². The number of hydrogen-bond donors (Lipinski definition) is 2. The first kappa shape index (κ1) is 17.9. The van der Waals surface area contributed by atoms with Gasteiger partial charge in [-0.2, -0.15) is 0 Å². The number of anilines is 2. The first-order valence-corrected chi connectivity index (χ1v) is 8.67. The summed E-state index contributed by atoms with van der Waals surface area (Å²) >= 11 is 6.22. The number of carbonyl (C=O) groups excluding carboxylic acids is 1. The second-order valence-electron chi connectivity index (χ2n) is 6.06. The van der Waals surface area contributed by atoms with E-state index in [9.17, 15) is 4.79 Å². The van der Waals surface area contributed by atoms with Crippen molar-refractivity contribution in [1.82, 2.24) is 15.3 Å². The van der Waals surface area contributed by atoms with Crippen molar-refractivity contribution in [3.63, 3.8) is 0 Å². The Kier molecular flexibility index (Phi) is 5.49. The molecule has 0 saturated carbocycles.